The summed E-state index contributed by atoms with van der Waals surface area (Å²) in [4.78, 5) is 3.04. The molecule has 0 aliphatic carbocycles. The Labute approximate surface area is 82.5 Å². The van der Waals surface area contributed by atoms with Gasteiger partial charge in [0.05, 0.1) is 14.2 Å². The molecule has 0 unspecified atom stereocenters. The van der Waals surface area contributed by atoms with E-state index in [1.807, 2.05) is 0 Å². The molecule has 1 rings (SSSR count). The van der Waals surface area contributed by atoms with Crippen molar-refractivity contribution in [1.29, 1.82) is 5.39 Å². The quantitative estimate of drug-likeness (QED) is 0.587. The van der Waals surface area contributed by atoms with Crippen LogP contribution in [0.3, 0.4) is 0 Å². The van der Waals surface area contributed by atoms with Crippen molar-refractivity contribution in [3.05, 3.63) is 23.2 Å². The molecule has 0 aliphatic rings. The van der Waals surface area contributed by atoms with Crippen LogP contribution in [0, 0.1) is 5.39 Å². The van der Waals surface area contributed by atoms with Gasteiger partial charge in [-0.2, -0.15) is 0 Å². The van der Waals surface area contributed by atoms with E-state index in [9.17, 15) is 0 Å². The summed E-state index contributed by atoms with van der Waals surface area (Å²) in [5.74, 6) is 1.15. The Kier molecular flexibility index (Phi) is 4.63. The maximum Gasteiger partial charge on any atom is 0.426 e. The predicted octanol–water partition coefficient (Wildman–Crippen LogP) is -0.808. The van der Waals surface area contributed by atoms with Crippen molar-refractivity contribution >= 4 is 5.69 Å². The number of halogens is 1. The number of hydrogen-bond donors (Lipinski definition) is 0. The molecule has 70 valence electrons. The molecule has 1 aromatic rings. The summed E-state index contributed by atoms with van der Waals surface area (Å²) >= 11 is 0. The van der Waals surface area contributed by atoms with Gasteiger partial charge in [-0.05, 0) is 6.07 Å². The largest absolute Gasteiger partial charge is 1.00 e. The van der Waals surface area contributed by atoms with E-state index in [0.717, 1.165) is 0 Å². The van der Waals surface area contributed by atoms with Crippen LogP contribution < -0.4 is 21.9 Å². The van der Waals surface area contributed by atoms with Crippen LogP contribution in [0.25, 0.3) is 4.98 Å². The lowest BCUT2D eigenvalue weighted by Gasteiger charge is -1.99. The zero-order valence-electron chi connectivity index (χ0n) is 7.32. The zero-order chi connectivity index (χ0) is 8.97. The molecule has 0 heterocycles. The van der Waals surface area contributed by atoms with Gasteiger partial charge < -0.3 is 21.9 Å². The topological polar surface area (TPSA) is 46.6 Å². The van der Waals surface area contributed by atoms with Crippen molar-refractivity contribution in [3.63, 3.8) is 0 Å². The van der Waals surface area contributed by atoms with E-state index in [0.29, 0.717) is 17.2 Å². The molecule has 4 nitrogen and oxygen atoms in total. The number of ether oxygens (including phenoxy) is 2. The predicted molar refractivity (Wildman–Crippen MR) is 44.3 cm³/mol. The molecule has 0 radical (unpaired) electrons. The van der Waals surface area contributed by atoms with E-state index in [1.165, 1.54) is 7.11 Å². The van der Waals surface area contributed by atoms with Gasteiger partial charge in [0.1, 0.15) is 5.75 Å². The molecule has 1 aromatic carbocycles. The molecule has 0 aromatic heterocycles. The smallest absolute Gasteiger partial charge is 0.426 e. The lowest BCUT2D eigenvalue weighted by atomic mass is 10.3. The maximum absolute atomic E-state index is 8.52. The molecule has 0 aliphatic heterocycles. The van der Waals surface area contributed by atoms with Crippen LogP contribution in [-0.4, -0.2) is 14.2 Å². The normalized spacial score (nSPS) is 8.08. The van der Waals surface area contributed by atoms with Gasteiger partial charge in [0, 0.05) is 12.1 Å². The van der Waals surface area contributed by atoms with E-state index >= 15 is 0 Å². The van der Waals surface area contributed by atoms with Crippen LogP contribution in [-0.2, 0) is 0 Å². The Balaban J connectivity index is 0.00000144. The minimum atomic E-state index is 0. The second kappa shape index (κ2) is 5.22. The molecular weight excluding hydrogens is 192 g/mol. The van der Waals surface area contributed by atoms with Gasteiger partial charge >= 0.3 is 5.69 Å². The van der Waals surface area contributed by atoms with Gasteiger partial charge in [0.15, 0.2) is 4.98 Å². The molecule has 0 spiro atoms. The van der Waals surface area contributed by atoms with Crippen molar-refractivity contribution in [2.75, 3.05) is 14.2 Å². The lowest BCUT2D eigenvalue weighted by molar-refractivity contribution is -0.00000334. The van der Waals surface area contributed by atoms with Gasteiger partial charge in [0.25, 0.3) is 0 Å². The number of benzene rings is 1. The molecule has 0 fully saturated rings. The summed E-state index contributed by atoms with van der Waals surface area (Å²) in [5, 5.41) is 8.52. The first-order chi connectivity index (χ1) is 5.81. The Morgan fingerprint density at radius 1 is 1.23 bits per heavy atom. The van der Waals surface area contributed by atoms with E-state index in [2.05, 4.69) is 4.98 Å². The third-order valence-electron chi connectivity index (χ3n) is 1.49. The first kappa shape index (κ1) is 11.5. The molecule has 0 bridgehead atoms. The van der Waals surface area contributed by atoms with Crippen LogP contribution in [0.1, 0.15) is 0 Å². The molecular formula is C8H9ClN2O2. The van der Waals surface area contributed by atoms with Gasteiger partial charge in [-0.25, -0.2) is 0 Å². The molecule has 5 heteroatoms. The lowest BCUT2D eigenvalue weighted by Crippen LogP contribution is -3.00. The van der Waals surface area contributed by atoms with Crippen molar-refractivity contribution in [2.45, 2.75) is 0 Å². The Morgan fingerprint density at radius 3 is 2.38 bits per heavy atom. The maximum atomic E-state index is 8.52. The average Bonchev–Trinajstić information content (AvgIpc) is 2.16. The summed E-state index contributed by atoms with van der Waals surface area (Å²) in [7, 11) is 3.06. The third kappa shape index (κ3) is 2.49. The fraction of sp³-hybridized carbons (Fsp3) is 0.250. The van der Waals surface area contributed by atoms with Gasteiger partial charge in [-0.1, -0.05) is 0 Å². The Morgan fingerprint density at radius 2 is 1.92 bits per heavy atom. The summed E-state index contributed by atoms with van der Waals surface area (Å²) in [6.45, 7) is 0. The number of diazo groups is 1. The molecule has 0 atom stereocenters. The van der Waals surface area contributed by atoms with Crippen molar-refractivity contribution < 1.29 is 21.9 Å². The summed E-state index contributed by atoms with van der Waals surface area (Å²) in [6.07, 6.45) is 0. The summed E-state index contributed by atoms with van der Waals surface area (Å²) in [6, 6.07) is 4.95. The van der Waals surface area contributed by atoms with Crippen molar-refractivity contribution in [2.24, 2.45) is 0 Å². The summed E-state index contributed by atoms with van der Waals surface area (Å²) in [5.41, 5.74) is 0.387. The second-order valence-corrected chi connectivity index (χ2v) is 2.14. The van der Waals surface area contributed by atoms with Gasteiger partial charge in [-0.3, -0.25) is 0 Å². The third-order valence-corrected chi connectivity index (χ3v) is 1.49. The Bertz CT molecular complexity index is 322. The number of rotatable bonds is 2. The van der Waals surface area contributed by atoms with Gasteiger partial charge in [0.2, 0.25) is 11.1 Å². The minimum absolute atomic E-state index is 0. The number of nitrogens with zero attached hydrogens (tertiary/aromatic N) is 2. The fourth-order valence-electron chi connectivity index (χ4n) is 0.868. The molecule has 0 saturated heterocycles. The molecule has 0 amide bonds. The standard InChI is InChI=1S/C8H9N2O2.ClH/c1-11-6-3-4-7(10-9)8(5-6)12-2;/h3-5H,1-2H3;1H/q+1;/p-1. The highest BCUT2D eigenvalue weighted by Crippen LogP contribution is 2.30. The highest BCUT2D eigenvalue weighted by atomic mass is 35.5. The minimum Gasteiger partial charge on any atom is -1.00 e. The molecule has 13 heavy (non-hydrogen) atoms. The van der Waals surface area contributed by atoms with Crippen LogP contribution in [0.5, 0.6) is 11.5 Å². The van der Waals surface area contributed by atoms with Crippen LogP contribution in [0.4, 0.5) is 5.69 Å². The SMILES string of the molecule is COc1ccc([N+]#N)c(OC)c1.[Cl-]. The van der Waals surface area contributed by atoms with Crippen molar-refractivity contribution in [1.82, 2.24) is 0 Å². The average molecular weight is 201 g/mol. The van der Waals surface area contributed by atoms with E-state index in [-0.39, 0.29) is 12.4 Å². The van der Waals surface area contributed by atoms with Gasteiger partial charge in [-0.15, -0.1) is 0 Å². The molecule has 0 saturated carbocycles. The Hall–Kier alpha value is -1.47. The highest BCUT2D eigenvalue weighted by molar-refractivity contribution is 5.59. The van der Waals surface area contributed by atoms with E-state index in [1.54, 1.807) is 25.3 Å². The zero-order valence-corrected chi connectivity index (χ0v) is 8.08. The molecule has 0 N–H and O–H groups in total. The van der Waals surface area contributed by atoms with Crippen LogP contribution in [0.2, 0.25) is 0 Å². The van der Waals surface area contributed by atoms with Crippen LogP contribution >= 0.6 is 0 Å². The van der Waals surface area contributed by atoms with E-state index in [4.69, 9.17) is 14.9 Å². The van der Waals surface area contributed by atoms with Crippen molar-refractivity contribution in [3.8, 4) is 11.5 Å². The van der Waals surface area contributed by atoms with E-state index < -0.39 is 0 Å². The monoisotopic (exact) mass is 200 g/mol. The first-order valence-electron chi connectivity index (χ1n) is 3.39. The fourth-order valence-corrected chi connectivity index (χ4v) is 0.868. The first-order valence-corrected chi connectivity index (χ1v) is 3.39. The number of hydrogen-bond acceptors (Lipinski definition) is 3. The number of methoxy groups -OCH3 is 2. The van der Waals surface area contributed by atoms with Crippen LogP contribution in [0.15, 0.2) is 18.2 Å². The summed E-state index contributed by atoms with van der Waals surface area (Å²) < 4.78 is 9.90. The highest BCUT2D eigenvalue weighted by Gasteiger charge is 2.14. The second-order valence-electron chi connectivity index (χ2n) is 2.14.